The van der Waals surface area contributed by atoms with Crippen molar-refractivity contribution in [2.45, 2.75) is 31.8 Å². The molecule has 1 aromatic heterocycles. The molecule has 0 unspecified atom stereocenters. The lowest BCUT2D eigenvalue weighted by Crippen LogP contribution is -2.33. The zero-order chi connectivity index (χ0) is 14.7. The van der Waals surface area contributed by atoms with Crippen LogP contribution in [0.15, 0.2) is 35.3 Å². The number of fused-ring (bicyclic) bond motifs is 1. The summed E-state index contributed by atoms with van der Waals surface area (Å²) in [6.07, 6.45) is 3.09. The van der Waals surface area contributed by atoms with Gasteiger partial charge in [0.25, 0.3) is 0 Å². The van der Waals surface area contributed by atoms with Crippen LogP contribution in [0.4, 0.5) is 5.13 Å². The van der Waals surface area contributed by atoms with Crippen LogP contribution in [-0.4, -0.2) is 17.0 Å². The zero-order valence-electron chi connectivity index (χ0n) is 11.7. The van der Waals surface area contributed by atoms with Crippen LogP contribution in [0.3, 0.4) is 0 Å². The van der Waals surface area contributed by atoms with Crippen LogP contribution in [-0.2, 0) is 19.4 Å². The molecule has 0 spiro atoms. The van der Waals surface area contributed by atoms with E-state index in [4.69, 9.17) is 11.5 Å². The highest BCUT2D eigenvalue weighted by atomic mass is 32.1. The Kier molecular flexibility index (Phi) is 4.17. The topological polar surface area (TPSA) is 89.3 Å². The van der Waals surface area contributed by atoms with E-state index in [1.807, 2.05) is 6.07 Å². The minimum Gasteiger partial charge on any atom is -0.370 e. The SMILES string of the molecule is NC(N)=Nc1nc2c(s1)C[C@H](NCc1ccccc1)CC2. The van der Waals surface area contributed by atoms with E-state index in [9.17, 15) is 0 Å². The molecule has 6 heteroatoms. The molecule has 0 amide bonds. The second-order valence-electron chi connectivity index (χ2n) is 5.21. The number of benzene rings is 1. The molecule has 0 saturated heterocycles. The predicted octanol–water partition coefficient (Wildman–Crippen LogP) is 1.70. The van der Waals surface area contributed by atoms with Gasteiger partial charge in [0.05, 0.1) is 5.69 Å². The Hall–Kier alpha value is -1.92. The van der Waals surface area contributed by atoms with E-state index in [0.717, 1.165) is 31.5 Å². The fourth-order valence-electron chi connectivity index (χ4n) is 2.55. The number of rotatable bonds is 4. The largest absolute Gasteiger partial charge is 0.370 e. The van der Waals surface area contributed by atoms with Crippen LogP contribution < -0.4 is 16.8 Å². The number of hydrogen-bond donors (Lipinski definition) is 3. The average molecular weight is 301 g/mol. The minimum absolute atomic E-state index is 0.0693. The van der Waals surface area contributed by atoms with Gasteiger partial charge < -0.3 is 16.8 Å². The van der Waals surface area contributed by atoms with Gasteiger partial charge in [0.1, 0.15) is 0 Å². The molecule has 1 aliphatic rings. The van der Waals surface area contributed by atoms with Crippen molar-refractivity contribution in [3.63, 3.8) is 0 Å². The van der Waals surface area contributed by atoms with Crippen LogP contribution in [0.1, 0.15) is 22.6 Å². The van der Waals surface area contributed by atoms with E-state index >= 15 is 0 Å². The fraction of sp³-hybridized carbons (Fsp3) is 0.333. The number of aromatic nitrogens is 1. The van der Waals surface area contributed by atoms with Crippen molar-refractivity contribution < 1.29 is 0 Å². The maximum Gasteiger partial charge on any atom is 0.212 e. The molecule has 0 fully saturated rings. The lowest BCUT2D eigenvalue weighted by atomic mass is 9.97. The molecule has 1 aromatic carbocycles. The molecule has 1 heterocycles. The summed E-state index contributed by atoms with van der Waals surface area (Å²) in [5.41, 5.74) is 13.3. The van der Waals surface area contributed by atoms with E-state index in [0.29, 0.717) is 11.2 Å². The quantitative estimate of drug-likeness (QED) is 0.592. The number of thiazole rings is 1. The smallest absolute Gasteiger partial charge is 0.212 e. The molecular formula is C15H19N5S. The summed E-state index contributed by atoms with van der Waals surface area (Å²) in [6, 6.07) is 11.0. The fourth-order valence-corrected chi connectivity index (χ4v) is 3.63. The maximum absolute atomic E-state index is 5.40. The van der Waals surface area contributed by atoms with Crippen molar-refractivity contribution in [2.24, 2.45) is 16.5 Å². The van der Waals surface area contributed by atoms with Crippen molar-refractivity contribution in [3.05, 3.63) is 46.5 Å². The average Bonchev–Trinajstić information content (AvgIpc) is 2.86. The second-order valence-corrected chi connectivity index (χ2v) is 6.27. The van der Waals surface area contributed by atoms with Crippen LogP contribution >= 0.6 is 11.3 Å². The normalized spacial score (nSPS) is 17.2. The van der Waals surface area contributed by atoms with Crippen LogP contribution in [0.5, 0.6) is 0 Å². The molecule has 1 atom stereocenters. The summed E-state index contributed by atoms with van der Waals surface area (Å²) >= 11 is 1.59. The molecule has 5 N–H and O–H groups in total. The third-order valence-electron chi connectivity index (χ3n) is 3.59. The Labute approximate surface area is 128 Å². The van der Waals surface area contributed by atoms with Crippen molar-refractivity contribution in [3.8, 4) is 0 Å². The third-order valence-corrected chi connectivity index (χ3v) is 4.60. The highest BCUT2D eigenvalue weighted by molar-refractivity contribution is 7.15. The summed E-state index contributed by atoms with van der Waals surface area (Å²) in [7, 11) is 0. The van der Waals surface area contributed by atoms with Gasteiger partial charge in [-0.1, -0.05) is 41.7 Å². The van der Waals surface area contributed by atoms with Crippen molar-refractivity contribution in [1.82, 2.24) is 10.3 Å². The molecular weight excluding hydrogens is 282 g/mol. The van der Waals surface area contributed by atoms with Crippen LogP contribution in [0.2, 0.25) is 0 Å². The van der Waals surface area contributed by atoms with E-state index in [-0.39, 0.29) is 5.96 Å². The van der Waals surface area contributed by atoms with Gasteiger partial charge in [-0.15, -0.1) is 0 Å². The van der Waals surface area contributed by atoms with Gasteiger partial charge in [-0.2, -0.15) is 4.99 Å². The zero-order valence-corrected chi connectivity index (χ0v) is 12.6. The molecule has 0 bridgehead atoms. The van der Waals surface area contributed by atoms with Crippen molar-refractivity contribution in [2.75, 3.05) is 0 Å². The molecule has 0 aliphatic heterocycles. The highest BCUT2D eigenvalue weighted by Gasteiger charge is 2.22. The Bertz CT molecular complexity index is 631. The molecule has 1 aliphatic carbocycles. The molecule has 2 aromatic rings. The van der Waals surface area contributed by atoms with E-state index in [2.05, 4.69) is 39.6 Å². The first-order valence-electron chi connectivity index (χ1n) is 7.06. The van der Waals surface area contributed by atoms with Gasteiger partial charge in [-0.25, -0.2) is 4.98 Å². The second kappa shape index (κ2) is 6.24. The predicted molar refractivity (Wildman–Crippen MR) is 86.7 cm³/mol. The van der Waals surface area contributed by atoms with Crippen LogP contribution in [0.25, 0.3) is 0 Å². The first-order chi connectivity index (χ1) is 10.2. The number of nitrogens with two attached hydrogens (primary N) is 2. The molecule has 5 nitrogen and oxygen atoms in total. The first kappa shape index (κ1) is 14.0. The lowest BCUT2D eigenvalue weighted by molar-refractivity contribution is 0.458. The summed E-state index contributed by atoms with van der Waals surface area (Å²) in [6.45, 7) is 0.903. The van der Waals surface area contributed by atoms with Gasteiger partial charge in [-0.3, -0.25) is 0 Å². The van der Waals surface area contributed by atoms with Gasteiger partial charge in [0.2, 0.25) is 5.13 Å². The molecule has 3 rings (SSSR count). The van der Waals surface area contributed by atoms with Gasteiger partial charge in [0, 0.05) is 17.5 Å². The molecule has 21 heavy (non-hydrogen) atoms. The Morgan fingerprint density at radius 1 is 1.33 bits per heavy atom. The summed E-state index contributed by atoms with van der Waals surface area (Å²) in [5, 5.41) is 4.29. The third kappa shape index (κ3) is 3.59. The molecule has 110 valence electrons. The van der Waals surface area contributed by atoms with Crippen molar-refractivity contribution >= 4 is 22.4 Å². The van der Waals surface area contributed by atoms with E-state index in [1.54, 1.807) is 11.3 Å². The summed E-state index contributed by atoms with van der Waals surface area (Å²) in [4.78, 5) is 9.83. The van der Waals surface area contributed by atoms with Crippen LogP contribution in [0, 0.1) is 0 Å². The monoisotopic (exact) mass is 301 g/mol. The van der Waals surface area contributed by atoms with Gasteiger partial charge in [-0.05, 0) is 24.8 Å². The summed E-state index contributed by atoms with van der Waals surface area (Å²) < 4.78 is 0. The van der Waals surface area contributed by atoms with E-state index in [1.165, 1.54) is 10.4 Å². The lowest BCUT2D eigenvalue weighted by Gasteiger charge is -2.22. The number of guanidine groups is 1. The number of nitrogens with zero attached hydrogens (tertiary/aromatic N) is 2. The Morgan fingerprint density at radius 3 is 2.90 bits per heavy atom. The Morgan fingerprint density at radius 2 is 2.14 bits per heavy atom. The number of aryl methyl sites for hydroxylation is 1. The summed E-state index contributed by atoms with van der Waals surface area (Å²) in [5.74, 6) is 0.0693. The molecule has 0 radical (unpaired) electrons. The minimum atomic E-state index is 0.0693. The Balaban J connectivity index is 1.62. The highest BCUT2D eigenvalue weighted by Crippen LogP contribution is 2.31. The number of hydrogen-bond acceptors (Lipinski definition) is 4. The maximum atomic E-state index is 5.40. The number of aliphatic imine (C=N–C) groups is 1. The number of nitrogens with one attached hydrogen (secondary N) is 1. The first-order valence-corrected chi connectivity index (χ1v) is 7.88. The standard InChI is InChI=1S/C15H19N5S/c16-14(17)20-15-19-12-7-6-11(8-13(12)21-15)18-9-10-4-2-1-3-5-10/h1-5,11,18H,6-9H2,(H4,16,17,19,20)/t11-/m1/s1. The molecule has 0 saturated carbocycles. The van der Waals surface area contributed by atoms with Crippen molar-refractivity contribution in [1.29, 1.82) is 0 Å². The van der Waals surface area contributed by atoms with Gasteiger partial charge >= 0.3 is 0 Å². The van der Waals surface area contributed by atoms with E-state index < -0.39 is 0 Å². The van der Waals surface area contributed by atoms with Gasteiger partial charge in [0.15, 0.2) is 5.96 Å².